The van der Waals surface area contributed by atoms with Crippen LogP contribution in [0.5, 0.6) is 5.75 Å². The molecule has 33 heavy (non-hydrogen) atoms. The van der Waals surface area contributed by atoms with Crippen LogP contribution >= 0.6 is 0 Å². The van der Waals surface area contributed by atoms with Gasteiger partial charge in [-0.25, -0.2) is 0 Å². The number of hydrogen-bond acceptors (Lipinski definition) is 5. The number of amides is 1. The molecule has 0 bridgehead atoms. The zero-order chi connectivity index (χ0) is 24.8. The lowest BCUT2D eigenvalue weighted by Crippen LogP contribution is -2.42. The van der Waals surface area contributed by atoms with Crippen molar-refractivity contribution < 1.29 is 27.6 Å². The number of likely N-dealkylation sites (N-methyl/N-ethyl adjacent to an activating group) is 1. The average molecular weight is 467 g/mol. The summed E-state index contributed by atoms with van der Waals surface area (Å²) in [5.74, 6) is -1.45. The summed E-state index contributed by atoms with van der Waals surface area (Å²) in [6, 6.07) is 9.61. The molecule has 0 spiro atoms. The van der Waals surface area contributed by atoms with Gasteiger partial charge >= 0.3 is 12.1 Å². The van der Waals surface area contributed by atoms with Crippen LogP contribution in [0.25, 0.3) is 0 Å². The summed E-state index contributed by atoms with van der Waals surface area (Å²) in [5.41, 5.74) is 1.08. The van der Waals surface area contributed by atoms with E-state index in [4.69, 9.17) is 4.74 Å². The molecule has 0 heterocycles. The molecule has 0 fully saturated rings. The van der Waals surface area contributed by atoms with E-state index < -0.39 is 22.7 Å². The summed E-state index contributed by atoms with van der Waals surface area (Å²) >= 11 is 0. The van der Waals surface area contributed by atoms with Crippen molar-refractivity contribution in [2.75, 3.05) is 38.7 Å². The Bertz CT molecular complexity index is 976. The van der Waals surface area contributed by atoms with E-state index in [0.29, 0.717) is 34.8 Å². The van der Waals surface area contributed by atoms with E-state index in [9.17, 15) is 28.1 Å². The lowest BCUT2D eigenvalue weighted by atomic mass is 10.1. The van der Waals surface area contributed by atoms with Crippen molar-refractivity contribution in [2.45, 2.75) is 32.9 Å². The monoisotopic (exact) mass is 467 g/mol. The standard InChI is InChI=1S/C23H28F3N3O4/c1-16-14-20(21(29(31)32)15-17(16)2)28(22(30)23(24,25)26)11-5-6-18-7-9-19(10-8-18)33-13-12-27(3)4/h7-10,14-15H,5-6,11-13H2,1-4H3. The van der Waals surface area contributed by atoms with Crippen molar-refractivity contribution in [1.82, 2.24) is 4.90 Å². The minimum absolute atomic E-state index is 0.187. The highest BCUT2D eigenvalue weighted by atomic mass is 19.4. The second-order valence-corrected chi connectivity index (χ2v) is 8.04. The number of hydrogen-bond donors (Lipinski definition) is 0. The highest BCUT2D eigenvalue weighted by molar-refractivity contribution is 5.99. The van der Waals surface area contributed by atoms with Crippen molar-refractivity contribution in [3.05, 3.63) is 63.2 Å². The SMILES string of the molecule is Cc1cc(N(CCCc2ccc(OCCN(C)C)cc2)C(=O)C(F)(F)F)c([N+](=O)[O-])cc1C. The molecule has 0 saturated heterocycles. The third kappa shape index (κ3) is 7.45. The van der Waals surface area contributed by atoms with Gasteiger partial charge in [0.1, 0.15) is 18.0 Å². The van der Waals surface area contributed by atoms with Crippen molar-refractivity contribution in [3.8, 4) is 5.75 Å². The molecular weight excluding hydrogens is 439 g/mol. The molecule has 7 nitrogen and oxygen atoms in total. The summed E-state index contributed by atoms with van der Waals surface area (Å²) in [6.07, 6.45) is -4.58. The van der Waals surface area contributed by atoms with Gasteiger partial charge in [-0.05, 0) is 75.7 Å². The Morgan fingerprint density at radius 1 is 1.06 bits per heavy atom. The molecule has 0 aliphatic heterocycles. The van der Waals surface area contributed by atoms with Gasteiger partial charge in [0.15, 0.2) is 0 Å². The van der Waals surface area contributed by atoms with Crippen LogP contribution in [0.1, 0.15) is 23.1 Å². The van der Waals surface area contributed by atoms with Gasteiger partial charge in [-0.15, -0.1) is 0 Å². The molecular formula is C23H28F3N3O4. The fourth-order valence-corrected chi connectivity index (χ4v) is 3.17. The van der Waals surface area contributed by atoms with Crippen LogP contribution in [0, 0.1) is 24.0 Å². The third-order valence-electron chi connectivity index (χ3n) is 5.14. The smallest absolute Gasteiger partial charge is 0.471 e. The molecule has 2 aromatic carbocycles. The zero-order valence-electron chi connectivity index (χ0n) is 19.1. The number of alkyl halides is 3. The summed E-state index contributed by atoms with van der Waals surface area (Å²) < 4.78 is 45.4. The molecule has 0 atom stereocenters. The van der Waals surface area contributed by atoms with Crippen LogP contribution in [0.15, 0.2) is 36.4 Å². The molecule has 2 rings (SSSR count). The summed E-state index contributed by atoms with van der Waals surface area (Å²) in [5, 5.41) is 11.5. The van der Waals surface area contributed by atoms with Crippen molar-refractivity contribution in [1.29, 1.82) is 0 Å². The minimum atomic E-state index is -5.15. The second-order valence-electron chi connectivity index (χ2n) is 8.04. The number of rotatable bonds is 10. The molecule has 0 unspecified atom stereocenters. The Morgan fingerprint density at radius 2 is 1.67 bits per heavy atom. The lowest BCUT2D eigenvalue weighted by Gasteiger charge is -2.24. The minimum Gasteiger partial charge on any atom is -0.492 e. The average Bonchev–Trinajstić information content (AvgIpc) is 2.72. The van der Waals surface area contributed by atoms with Gasteiger partial charge in [-0.1, -0.05) is 12.1 Å². The molecule has 10 heteroatoms. The van der Waals surface area contributed by atoms with Gasteiger partial charge in [0.25, 0.3) is 5.69 Å². The third-order valence-corrected chi connectivity index (χ3v) is 5.14. The Balaban J connectivity index is 2.16. The van der Waals surface area contributed by atoms with E-state index >= 15 is 0 Å². The number of carbonyl (C=O) groups excluding carboxylic acids is 1. The van der Waals surface area contributed by atoms with Crippen molar-refractivity contribution in [3.63, 3.8) is 0 Å². The Labute approximate surface area is 190 Å². The fraction of sp³-hybridized carbons (Fsp3) is 0.435. The Morgan fingerprint density at radius 3 is 2.21 bits per heavy atom. The van der Waals surface area contributed by atoms with Crippen molar-refractivity contribution >= 4 is 17.3 Å². The number of benzene rings is 2. The number of halogens is 3. The number of nitro benzene ring substituents is 1. The summed E-state index contributed by atoms with van der Waals surface area (Å²) in [6.45, 7) is 4.21. The molecule has 2 aromatic rings. The van der Waals surface area contributed by atoms with Gasteiger partial charge in [0, 0.05) is 19.2 Å². The largest absolute Gasteiger partial charge is 0.492 e. The quantitative estimate of drug-likeness (QED) is 0.375. The van der Waals surface area contributed by atoms with Crippen LogP contribution in [-0.2, 0) is 11.2 Å². The lowest BCUT2D eigenvalue weighted by molar-refractivity contribution is -0.384. The molecule has 0 aromatic heterocycles. The maximum Gasteiger partial charge on any atom is 0.471 e. The van der Waals surface area contributed by atoms with Gasteiger partial charge < -0.3 is 9.64 Å². The van der Waals surface area contributed by atoms with Gasteiger partial charge in [-0.2, -0.15) is 13.2 Å². The molecule has 180 valence electrons. The van der Waals surface area contributed by atoms with E-state index in [1.54, 1.807) is 38.1 Å². The first kappa shape index (κ1) is 26.1. The number of aryl methyl sites for hydroxylation is 3. The van der Waals surface area contributed by atoms with Gasteiger partial charge in [-0.3, -0.25) is 19.8 Å². The highest BCUT2D eigenvalue weighted by Gasteiger charge is 2.44. The summed E-state index contributed by atoms with van der Waals surface area (Å²) in [4.78, 5) is 25.3. The van der Waals surface area contributed by atoms with E-state index in [0.717, 1.165) is 12.1 Å². The zero-order valence-corrected chi connectivity index (χ0v) is 19.1. The first-order valence-electron chi connectivity index (χ1n) is 10.4. The van der Waals surface area contributed by atoms with Gasteiger partial charge in [0.2, 0.25) is 0 Å². The van der Waals surface area contributed by atoms with Crippen LogP contribution in [-0.4, -0.2) is 55.7 Å². The molecule has 0 saturated carbocycles. The molecule has 1 amide bonds. The summed E-state index contributed by atoms with van der Waals surface area (Å²) in [7, 11) is 3.87. The van der Waals surface area contributed by atoms with E-state index in [1.807, 2.05) is 19.0 Å². The molecule has 0 radical (unpaired) electrons. The first-order valence-corrected chi connectivity index (χ1v) is 10.4. The first-order chi connectivity index (χ1) is 15.4. The second kappa shape index (κ2) is 11.1. The topological polar surface area (TPSA) is 75.9 Å². The normalized spacial score (nSPS) is 11.5. The number of nitro groups is 1. The number of carbonyl (C=O) groups is 1. The van der Waals surface area contributed by atoms with E-state index in [2.05, 4.69) is 0 Å². The molecule has 0 N–H and O–H groups in total. The fourth-order valence-electron chi connectivity index (χ4n) is 3.17. The van der Waals surface area contributed by atoms with Gasteiger partial charge in [0.05, 0.1) is 4.92 Å². The molecule has 0 aliphatic rings. The van der Waals surface area contributed by atoms with Crippen LogP contribution < -0.4 is 9.64 Å². The predicted octanol–water partition coefficient (Wildman–Crippen LogP) is 4.68. The maximum atomic E-state index is 13.3. The van der Waals surface area contributed by atoms with Crippen LogP contribution in [0.4, 0.5) is 24.5 Å². The number of anilines is 1. The number of nitrogens with zero attached hydrogens (tertiary/aromatic N) is 3. The van der Waals surface area contributed by atoms with Crippen LogP contribution in [0.2, 0.25) is 0 Å². The highest BCUT2D eigenvalue weighted by Crippen LogP contribution is 2.34. The van der Waals surface area contributed by atoms with Crippen LogP contribution in [0.3, 0.4) is 0 Å². The molecule has 0 aliphatic carbocycles. The predicted molar refractivity (Wildman–Crippen MR) is 120 cm³/mol. The Kier molecular flexibility index (Phi) is 8.81. The Hall–Kier alpha value is -3.14. The van der Waals surface area contributed by atoms with E-state index in [-0.39, 0.29) is 18.7 Å². The number of ether oxygens (including phenoxy) is 1. The maximum absolute atomic E-state index is 13.3. The van der Waals surface area contributed by atoms with Crippen molar-refractivity contribution in [2.24, 2.45) is 0 Å². The van der Waals surface area contributed by atoms with E-state index in [1.165, 1.54) is 12.1 Å².